The van der Waals surface area contributed by atoms with Crippen LogP contribution in [-0.2, 0) is 5.41 Å². The third-order valence-electron chi connectivity index (χ3n) is 2.82. The minimum Gasteiger partial charge on any atom is -0.478 e. The number of furan rings is 1. The molecule has 0 amide bonds. The van der Waals surface area contributed by atoms with Crippen molar-refractivity contribution in [3.8, 4) is 11.1 Å². The zero-order valence-electron chi connectivity index (χ0n) is 11.0. The van der Waals surface area contributed by atoms with Crippen LogP contribution in [0.4, 0.5) is 4.39 Å². The number of aromatic carboxylic acids is 1. The van der Waals surface area contributed by atoms with Crippen LogP contribution in [-0.4, -0.2) is 11.1 Å². The Morgan fingerprint density at radius 2 is 2.00 bits per heavy atom. The van der Waals surface area contributed by atoms with Gasteiger partial charge in [-0.15, -0.1) is 0 Å². The Kier molecular flexibility index (Phi) is 3.18. The molecular weight excluding hydrogens is 247 g/mol. The van der Waals surface area contributed by atoms with Crippen molar-refractivity contribution >= 4 is 5.97 Å². The smallest absolute Gasteiger partial charge is 0.339 e. The van der Waals surface area contributed by atoms with E-state index >= 15 is 0 Å². The molecule has 19 heavy (non-hydrogen) atoms. The number of carboxylic acid groups (broad SMARTS) is 1. The number of halogens is 1. The maximum atomic E-state index is 13.2. The fraction of sp³-hybridized carbons (Fsp3) is 0.267. The fourth-order valence-corrected chi connectivity index (χ4v) is 1.99. The highest BCUT2D eigenvalue weighted by Gasteiger charge is 2.29. The molecule has 0 saturated heterocycles. The molecule has 0 fully saturated rings. The first-order valence-electron chi connectivity index (χ1n) is 5.92. The van der Waals surface area contributed by atoms with Crippen LogP contribution in [0, 0.1) is 5.82 Å². The zero-order chi connectivity index (χ0) is 14.2. The van der Waals surface area contributed by atoms with E-state index in [2.05, 4.69) is 0 Å². The zero-order valence-corrected chi connectivity index (χ0v) is 11.0. The molecule has 0 aliphatic rings. The van der Waals surface area contributed by atoms with Gasteiger partial charge in [0.25, 0.3) is 0 Å². The van der Waals surface area contributed by atoms with Crippen LogP contribution in [0.2, 0.25) is 0 Å². The largest absolute Gasteiger partial charge is 0.478 e. The van der Waals surface area contributed by atoms with Crippen LogP contribution < -0.4 is 0 Å². The third kappa shape index (κ3) is 2.52. The van der Waals surface area contributed by atoms with Crippen LogP contribution in [0.5, 0.6) is 0 Å². The molecule has 1 heterocycles. The molecule has 0 radical (unpaired) electrons. The summed E-state index contributed by atoms with van der Waals surface area (Å²) in [6.45, 7) is 5.61. The predicted octanol–water partition coefficient (Wildman–Crippen LogP) is 4.08. The lowest BCUT2D eigenvalue weighted by Crippen LogP contribution is -2.15. The minimum atomic E-state index is -1.07. The molecule has 100 valence electrons. The number of hydrogen-bond acceptors (Lipinski definition) is 2. The van der Waals surface area contributed by atoms with Crippen LogP contribution in [0.15, 0.2) is 34.9 Å². The van der Waals surface area contributed by atoms with Gasteiger partial charge in [0.1, 0.15) is 17.1 Å². The predicted molar refractivity (Wildman–Crippen MR) is 69.8 cm³/mol. The highest BCUT2D eigenvalue weighted by atomic mass is 19.1. The van der Waals surface area contributed by atoms with E-state index in [1.54, 1.807) is 12.1 Å². The second-order valence-electron chi connectivity index (χ2n) is 5.42. The van der Waals surface area contributed by atoms with Crippen LogP contribution >= 0.6 is 0 Å². The molecule has 2 aromatic rings. The second-order valence-corrected chi connectivity index (χ2v) is 5.42. The Morgan fingerprint density at radius 1 is 1.32 bits per heavy atom. The Morgan fingerprint density at radius 3 is 2.53 bits per heavy atom. The number of rotatable bonds is 2. The van der Waals surface area contributed by atoms with Gasteiger partial charge >= 0.3 is 5.97 Å². The van der Waals surface area contributed by atoms with Crippen molar-refractivity contribution in [2.24, 2.45) is 0 Å². The number of carboxylic acids is 1. The van der Waals surface area contributed by atoms with Crippen molar-refractivity contribution in [1.29, 1.82) is 0 Å². The van der Waals surface area contributed by atoms with Gasteiger partial charge in [0.15, 0.2) is 0 Å². The summed E-state index contributed by atoms with van der Waals surface area (Å²) in [5.74, 6) is -1.09. The first-order valence-corrected chi connectivity index (χ1v) is 5.92. The molecule has 2 rings (SSSR count). The standard InChI is InChI=1S/C15H15FO3/c1-15(2,3)13-12(14(17)18)11(8-19-13)9-5-4-6-10(16)7-9/h4-8H,1-3H3,(H,17,18). The Balaban J connectivity index is 2.66. The van der Waals surface area contributed by atoms with E-state index in [0.29, 0.717) is 16.9 Å². The summed E-state index contributed by atoms with van der Waals surface area (Å²) < 4.78 is 18.7. The van der Waals surface area contributed by atoms with Gasteiger partial charge < -0.3 is 9.52 Å². The number of benzene rings is 1. The van der Waals surface area contributed by atoms with E-state index < -0.39 is 17.2 Å². The normalized spacial score (nSPS) is 11.6. The summed E-state index contributed by atoms with van der Waals surface area (Å²) >= 11 is 0. The van der Waals surface area contributed by atoms with Crippen LogP contribution in [0.25, 0.3) is 11.1 Å². The molecule has 0 aliphatic heterocycles. The SMILES string of the molecule is CC(C)(C)c1occ(-c2cccc(F)c2)c1C(=O)O. The lowest BCUT2D eigenvalue weighted by atomic mass is 9.88. The molecule has 4 heteroatoms. The first kappa shape index (κ1) is 13.3. The van der Waals surface area contributed by atoms with E-state index in [4.69, 9.17) is 4.42 Å². The molecule has 1 aromatic carbocycles. The molecule has 0 aliphatic carbocycles. The Hall–Kier alpha value is -2.10. The third-order valence-corrected chi connectivity index (χ3v) is 2.82. The monoisotopic (exact) mass is 262 g/mol. The van der Waals surface area contributed by atoms with Crippen molar-refractivity contribution in [3.05, 3.63) is 47.7 Å². The lowest BCUT2D eigenvalue weighted by molar-refractivity contribution is 0.0693. The maximum Gasteiger partial charge on any atom is 0.339 e. The quantitative estimate of drug-likeness (QED) is 0.887. The molecule has 0 atom stereocenters. The van der Waals surface area contributed by atoms with E-state index in [1.165, 1.54) is 18.4 Å². The van der Waals surface area contributed by atoms with Crippen molar-refractivity contribution in [1.82, 2.24) is 0 Å². The van der Waals surface area contributed by atoms with Gasteiger partial charge in [0.2, 0.25) is 0 Å². The van der Waals surface area contributed by atoms with E-state index in [-0.39, 0.29) is 5.56 Å². The van der Waals surface area contributed by atoms with Gasteiger partial charge in [-0.25, -0.2) is 9.18 Å². The van der Waals surface area contributed by atoms with Crippen molar-refractivity contribution in [2.45, 2.75) is 26.2 Å². The van der Waals surface area contributed by atoms with Crippen molar-refractivity contribution in [3.63, 3.8) is 0 Å². The fourth-order valence-electron chi connectivity index (χ4n) is 1.99. The molecule has 0 spiro atoms. The van der Waals surface area contributed by atoms with Crippen molar-refractivity contribution < 1.29 is 18.7 Å². The average Bonchev–Trinajstić information content (AvgIpc) is 2.72. The van der Waals surface area contributed by atoms with Crippen LogP contribution in [0.1, 0.15) is 36.9 Å². The Bertz CT molecular complexity index is 621. The number of hydrogen-bond donors (Lipinski definition) is 1. The van der Waals surface area contributed by atoms with Crippen LogP contribution in [0.3, 0.4) is 0 Å². The topological polar surface area (TPSA) is 50.4 Å². The van der Waals surface area contributed by atoms with Gasteiger partial charge in [0, 0.05) is 11.0 Å². The molecular formula is C15H15FO3. The molecule has 0 unspecified atom stereocenters. The Labute approximate surface area is 110 Å². The van der Waals surface area contributed by atoms with E-state index in [9.17, 15) is 14.3 Å². The molecule has 0 saturated carbocycles. The van der Waals surface area contributed by atoms with Gasteiger partial charge in [-0.1, -0.05) is 32.9 Å². The van der Waals surface area contributed by atoms with Gasteiger partial charge in [-0.05, 0) is 17.7 Å². The van der Waals surface area contributed by atoms with Gasteiger partial charge in [-0.2, -0.15) is 0 Å². The highest BCUT2D eigenvalue weighted by molar-refractivity contribution is 5.97. The van der Waals surface area contributed by atoms with Gasteiger partial charge in [-0.3, -0.25) is 0 Å². The minimum absolute atomic E-state index is 0.0955. The highest BCUT2D eigenvalue weighted by Crippen LogP contribution is 2.35. The lowest BCUT2D eigenvalue weighted by Gasteiger charge is -2.16. The summed E-state index contributed by atoms with van der Waals surface area (Å²) in [7, 11) is 0. The molecule has 0 bridgehead atoms. The maximum absolute atomic E-state index is 13.2. The average molecular weight is 262 g/mol. The first-order chi connectivity index (χ1) is 8.80. The second kappa shape index (κ2) is 4.53. The summed E-state index contributed by atoms with van der Waals surface area (Å²) in [6, 6.07) is 5.81. The molecule has 1 aromatic heterocycles. The summed E-state index contributed by atoms with van der Waals surface area (Å²) in [6.07, 6.45) is 1.37. The van der Waals surface area contributed by atoms with E-state index in [1.807, 2.05) is 20.8 Å². The van der Waals surface area contributed by atoms with E-state index in [0.717, 1.165) is 0 Å². The van der Waals surface area contributed by atoms with Crippen molar-refractivity contribution in [2.75, 3.05) is 0 Å². The number of carbonyl (C=O) groups is 1. The summed E-state index contributed by atoms with van der Waals surface area (Å²) in [4.78, 5) is 11.5. The molecule has 3 nitrogen and oxygen atoms in total. The summed E-state index contributed by atoms with van der Waals surface area (Å²) in [5, 5.41) is 9.38. The molecule has 1 N–H and O–H groups in total. The van der Waals surface area contributed by atoms with Gasteiger partial charge in [0.05, 0.1) is 6.26 Å². The summed E-state index contributed by atoms with van der Waals surface area (Å²) in [5.41, 5.74) is 0.561.